The Hall–Kier alpha value is -0.520. The summed E-state index contributed by atoms with van der Waals surface area (Å²) in [6.45, 7) is 2.71. The fourth-order valence-corrected chi connectivity index (χ4v) is 0.340. The van der Waals surface area contributed by atoms with Gasteiger partial charge in [-0.2, -0.15) is 13.2 Å². The van der Waals surface area contributed by atoms with Gasteiger partial charge in [0.2, 0.25) is 0 Å². The largest absolute Gasteiger partial charge is 0.490 e. The van der Waals surface area contributed by atoms with E-state index < -0.39 is 18.8 Å². The zero-order valence-electron chi connectivity index (χ0n) is 5.24. The van der Waals surface area contributed by atoms with Gasteiger partial charge in [0.25, 0.3) is 0 Å². The maximum atomic E-state index is 11.4. The highest BCUT2D eigenvalue weighted by Crippen LogP contribution is 2.17. The fourth-order valence-electron chi connectivity index (χ4n) is 0.226. The molecule has 0 amide bonds. The van der Waals surface area contributed by atoms with Crippen molar-refractivity contribution in [1.82, 2.24) is 0 Å². The average molecular weight is 233 g/mol. The lowest BCUT2D eigenvalue weighted by Gasteiger charge is -2.05. The zero-order chi connectivity index (χ0) is 9.07. The van der Waals surface area contributed by atoms with Crippen LogP contribution in [0.3, 0.4) is 0 Å². The normalized spacial score (nSPS) is 10.9. The molecule has 0 aliphatic carbocycles. The standard InChI is InChI=1S/C5H4BrF3O2/c1-3(6)2-11-4(10)5(7,8)9/h1-2H2. The highest BCUT2D eigenvalue weighted by Gasteiger charge is 2.40. The Labute approximate surface area is 69.1 Å². The van der Waals surface area contributed by atoms with Gasteiger partial charge in [0.05, 0.1) is 0 Å². The van der Waals surface area contributed by atoms with Crippen LogP contribution in [0.4, 0.5) is 13.2 Å². The monoisotopic (exact) mass is 232 g/mol. The number of carbonyl (C=O) groups is 1. The lowest BCUT2D eigenvalue weighted by atomic mass is 10.6. The number of ether oxygens (including phenoxy) is 1. The second-order valence-corrected chi connectivity index (χ2v) is 2.71. The molecule has 11 heavy (non-hydrogen) atoms. The first-order chi connectivity index (χ1) is 4.84. The summed E-state index contributed by atoms with van der Waals surface area (Å²) in [6.07, 6.45) is -4.93. The van der Waals surface area contributed by atoms with Crippen molar-refractivity contribution in [2.24, 2.45) is 0 Å². The van der Waals surface area contributed by atoms with Gasteiger partial charge in [-0.1, -0.05) is 22.5 Å². The van der Waals surface area contributed by atoms with Crippen molar-refractivity contribution in [3.05, 3.63) is 11.1 Å². The molecule has 0 aromatic carbocycles. The Bertz CT molecular complexity index is 175. The number of alkyl halides is 3. The summed E-state index contributed by atoms with van der Waals surface area (Å²) in [5, 5.41) is 0. The van der Waals surface area contributed by atoms with E-state index in [0.29, 0.717) is 0 Å². The van der Waals surface area contributed by atoms with Crippen molar-refractivity contribution in [1.29, 1.82) is 0 Å². The molecule has 0 rings (SSSR count). The topological polar surface area (TPSA) is 26.3 Å². The zero-order valence-corrected chi connectivity index (χ0v) is 6.83. The first kappa shape index (κ1) is 10.5. The molecule has 0 aromatic heterocycles. The van der Waals surface area contributed by atoms with Crippen LogP contribution in [0.5, 0.6) is 0 Å². The molecule has 0 unspecified atom stereocenters. The molecule has 0 aromatic rings. The van der Waals surface area contributed by atoms with E-state index in [-0.39, 0.29) is 4.48 Å². The number of esters is 1. The minimum Gasteiger partial charge on any atom is -0.454 e. The predicted molar refractivity (Wildman–Crippen MR) is 35.1 cm³/mol. The summed E-state index contributed by atoms with van der Waals surface area (Å²) in [5.41, 5.74) is 0. The molecule has 0 aliphatic heterocycles. The number of hydrogen-bond donors (Lipinski definition) is 0. The van der Waals surface area contributed by atoms with Crippen LogP contribution >= 0.6 is 15.9 Å². The first-order valence-electron chi connectivity index (χ1n) is 2.41. The lowest BCUT2D eigenvalue weighted by molar-refractivity contribution is -0.198. The van der Waals surface area contributed by atoms with Gasteiger partial charge in [-0.05, 0) is 0 Å². The highest BCUT2D eigenvalue weighted by molar-refractivity contribution is 9.11. The minimum absolute atomic E-state index is 0.176. The van der Waals surface area contributed by atoms with Crippen molar-refractivity contribution in [3.63, 3.8) is 0 Å². The molecule has 0 spiro atoms. The molecule has 0 aliphatic rings. The number of carbonyl (C=O) groups excluding carboxylic acids is 1. The Morgan fingerprint density at radius 2 is 2.00 bits per heavy atom. The summed E-state index contributed by atoms with van der Waals surface area (Å²) >= 11 is 2.73. The van der Waals surface area contributed by atoms with Crippen molar-refractivity contribution in [2.45, 2.75) is 6.18 Å². The highest BCUT2D eigenvalue weighted by atomic mass is 79.9. The van der Waals surface area contributed by atoms with Gasteiger partial charge < -0.3 is 4.74 Å². The first-order valence-corrected chi connectivity index (χ1v) is 3.20. The summed E-state index contributed by atoms with van der Waals surface area (Å²) in [7, 11) is 0. The van der Waals surface area contributed by atoms with E-state index in [2.05, 4.69) is 27.2 Å². The van der Waals surface area contributed by atoms with Crippen LogP contribution in [0.25, 0.3) is 0 Å². The summed E-state index contributed by atoms with van der Waals surface area (Å²) in [4.78, 5) is 9.96. The van der Waals surface area contributed by atoms with Crippen molar-refractivity contribution in [2.75, 3.05) is 6.61 Å². The number of hydrogen-bond acceptors (Lipinski definition) is 2. The molecule has 6 heteroatoms. The predicted octanol–water partition coefficient (Wildman–Crippen LogP) is 2.00. The summed E-state index contributed by atoms with van der Waals surface area (Å²) in [6, 6.07) is 0. The number of rotatable bonds is 2. The molecular formula is C5H4BrF3O2. The van der Waals surface area contributed by atoms with Crippen LogP contribution in [0, 0.1) is 0 Å². The second kappa shape index (κ2) is 3.75. The summed E-state index contributed by atoms with van der Waals surface area (Å²) in [5.74, 6) is -2.21. The minimum atomic E-state index is -4.93. The Morgan fingerprint density at radius 1 is 1.55 bits per heavy atom. The van der Waals surface area contributed by atoms with Crippen molar-refractivity contribution in [3.8, 4) is 0 Å². The Morgan fingerprint density at radius 3 is 2.27 bits per heavy atom. The molecule has 0 saturated carbocycles. The van der Waals surface area contributed by atoms with Crippen molar-refractivity contribution < 1.29 is 22.7 Å². The van der Waals surface area contributed by atoms with Crippen LogP contribution in [-0.2, 0) is 9.53 Å². The molecule has 0 radical (unpaired) electrons. The summed E-state index contributed by atoms with van der Waals surface area (Å²) < 4.78 is 38.1. The Balaban J connectivity index is 3.80. The molecule has 0 N–H and O–H groups in total. The van der Waals surface area contributed by atoms with Gasteiger partial charge in [0, 0.05) is 4.48 Å². The third-order valence-electron chi connectivity index (χ3n) is 0.591. The molecular weight excluding hydrogens is 229 g/mol. The van der Waals surface area contributed by atoms with E-state index in [0.717, 1.165) is 0 Å². The van der Waals surface area contributed by atoms with Gasteiger partial charge in [0.1, 0.15) is 6.61 Å². The number of halogens is 4. The molecule has 0 bridgehead atoms. The van der Waals surface area contributed by atoms with Crippen LogP contribution in [-0.4, -0.2) is 18.8 Å². The lowest BCUT2D eigenvalue weighted by Crippen LogP contribution is -2.25. The van der Waals surface area contributed by atoms with Crippen LogP contribution < -0.4 is 0 Å². The maximum absolute atomic E-state index is 11.4. The van der Waals surface area contributed by atoms with E-state index in [1.807, 2.05) is 0 Å². The molecule has 0 heterocycles. The maximum Gasteiger partial charge on any atom is 0.490 e. The smallest absolute Gasteiger partial charge is 0.454 e. The third kappa shape index (κ3) is 4.83. The molecule has 0 atom stereocenters. The van der Waals surface area contributed by atoms with Gasteiger partial charge in [-0.15, -0.1) is 0 Å². The van der Waals surface area contributed by atoms with Gasteiger partial charge in [-0.3, -0.25) is 0 Å². The van der Waals surface area contributed by atoms with E-state index >= 15 is 0 Å². The SMILES string of the molecule is C=C(Br)COC(=O)C(F)(F)F. The van der Waals surface area contributed by atoms with Crippen LogP contribution in [0.2, 0.25) is 0 Å². The van der Waals surface area contributed by atoms with E-state index in [1.165, 1.54) is 0 Å². The van der Waals surface area contributed by atoms with Crippen LogP contribution in [0.1, 0.15) is 0 Å². The van der Waals surface area contributed by atoms with E-state index in [1.54, 1.807) is 0 Å². The molecule has 0 saturated heterocycles. The third-order valence-corrected chi connectivity index (χ3v) is 0.820. The molecule has 0 fully saturated rings. The molecule has 2 nitrogen and oxygen atoms in total. The fraction of sp³-hybridized carbons (Fsp3) is 0.400. The van der Waals surface area contributed by atoms with Crippen molar-refractivity contribution >= 4 is 21.9 Å². The van der Waals surface area contributed by atoms with Crippen LogP contribution in [0.15, 0.2) is 11.1 Å². The van der Waals surface area contributed by atoms with Gasteiger partial charge >= 0.3 is 12.1 Å². The quantitative estimate of drug-likeness (QED) is 0.681. The van der Waals surface area contributed by atoms with E-state index in [9.17, 15) is 18.0 Å². The molecule has 64 valence electrons. The second-order valence-electron chi connectivity index (χ2n) is 1.59. The van der Waals surface area contributed by atoms with Gasteiger partial charge in [-0.25, -0.2) is 4.79 Å². The Kier molecular flexibility index (Phi) is 3.57. The average Bonchev–Trinajstić information content (AvgIpc) is 1.80. The van der Waals surface area contributed by atoms with Gasteiger partial charge in [0.15, 0.2) is 0 Å². The van der Waals surface area contributed by atoms with E-state index in [4.69, 9.17) is 0 Å².